The fraction of sp³-hybridized carbons (Fsp3) is 0.538. The molecule has 1 saturated carbocycles. The van der Waals surface area contributed by atoms with Crippen molar-refractivity contribution in [2.24, 2.45) is 0 Å². The third-order valence-electron chi connectivity index (χ3n) is 3.35. The molecule has 2 rings (SSSR count). The summed E-state index contributed by atoms with van der Waals surface area (Å²) < 4.78 is 12.4. The van der Waals surface area contributed by atoms with Crippen LogP contribution in [-0.2, 0) is 10.8 Å². The van der Waals surface area contributed by atoms with Crippen molar-refractivity contribution in [2.45, 2.75) is 42.4 Å². The summed E-state index contributed by atoms with van der Waals surface area (Å²) in [4.78, 5) is 0.970. The summed E-state index contributed by atoms with van der Waals surface area (Å²) in [6.07, 6.45) is 3.42. The van der Waals surface area contributed by atoms with Crippen molar-refractivity contribution in [2.75, 3.05) is 7.05 Å². The van der Waals surface area contributed by atoms with Crippen LogP contribution in [0.2, 0.25) is 0 Å². The van der Waals surface area contributed by atoms with Gasteiger partial charge in [0.1, 0.15) is 0 Å². The normalized spacial score (nSPS) is 26.9. The number of nitrogens with one attached hydrogen (secondary N) is 1. The molecule has 1 aliphatic rings. The average molecular weight is 237 g/mol. The molecule has 2 nitrogen and oxygen atoms in total. The van der Waals surface area contributed by atoms with Gasteiger partial charge in [-0.2, -0.15) is 0 Å². The van der Waals surface area contributed by atoms with E-state index in [1.54, 1.807) is 0 Å². The minimum atomic E-state index is -0.859. The minimum Gasteiger partial charge on any atom is -0.316 e. The highest BCUT2D eigenvalue weighted by Crippen LogP contribution is 2.27. The Balaban J connectivity index is 2.15. The zero-order valence-electron chi connectivity index (χ0n) is 9.90. The zero-order chi connectivity index (χ0) is 11.5. The predicted octanol–water partition coefficient (Wildman–Crippen LogP) is 2.24. The lowest BCUT2D eigenvalue weighted by atomic mass is 10.2. The van der Waals surface area contributed by atoms with E-state index in [0.29, 0.717) is 6.04 Å². The van der Waals surface area contributed by atoms with Crippen LogP contribution in [0.25, 0.3) is 0 Å². The van der Waals surface area contributed by atoms with E-state index in [1.165, 1.54) is 12.0 Å². The van der Waals surface area contributed by atoms with Gasteiger partial charge in [-0.15, -0.1) is 0 Å². The molecule has 88 valence electrons. The molecule has 3 heteroatoms. The van der Waals surface area contributed by atoms with Crippen LogP contribution in [0.5, 0.6) is 0 Å². The maximum absolute atomic E-state index is 12.4. The average Bonchev–Trinajstić information content (AvgIpc) is 2.77. The summed E-state index contributed by atoms with van der Waals surface area (Å²) in [5.41, 5.74) is 1.22. The second kappa shape index (κ2) is 5.11. The molecule has 3 unspecified atom stereocenters. The fourth-order valence-corrected chi connectivity index (χ4v) is 4.06. The van der Waals surface area contributed by atoms with E-state index < -0.39 is 10.8 Å². The molecular weight excluding hydrogens is 218 g/mol. The van der Waals surface area contributed by atoms with Crippen molar-refractivity contribution in [3.05, 3.63) is 29.8 Å². The summed E-state index contributed by atoms with van der Waals surface area (Å²) in [5, 5.41) is 3.57. The molecule has 1 aromatic rings. The highest BCUT2D eigenvalue weighted by atomic mass is 32.2. The summed E-state index contributed by atoms with van der Waals surface area (Å²) in [5.74, 6) is 0. The van der Waals surface area contributed by atoms with E-state index in [4.69, 9.17) is 0 Å². The highest BCUT2D eigenvalue weighted by molar-refractivity contribution is 7.85. The summed E-state index contributed by atoms with van der Waals surface area (Å²) >= 11 is 0. The van der Waals surface area contributed by atoms with Crippen molar-refractivity contribution in [3.63, 3.8) is 0 Å². The first-order valence-corrected chi connectivity index (χ1v) is 7.08. The molecule has 0 heterocycles. The van der Waals surface area contributed by atoms with Gasteiger partial charge in [-0.05, 0) is 38.9 Å². The van der Waals surface area contributed by atoms with Crippen LogP contribution in [0.15, 0.2) is 29.2 Å². The number of rotatable bonds is 3. The zero-order valence-corrected chi connectivity index (χ0v) is 10.7. The van der Waals surface area contributed by atoms with Gasteiger partial charge >= 0.3 is 0 Å². The first kappa shape index (κ1) is 11.8. The predicted molar refractivity (Wildman–Crippen MR) is 68.1 cm³/mol. The van der Waals surface area contributed by atoms with Gasteiger partial charge < -0.3 is 5.32 Å². The molecule has 0 bridgehead atoms. The van der Waals surface area contributed by atoms with E-state index in [0.717, 1.165) is 17.7 Å². The van der Waals surface area contributed by atoms with Gasteiger partial charge in [0.05, 0.1) is 16.0 Å². The lowest BCUT2D eigenvalue weighted by Gasteiger charge is -2.18. The maximum Gasteiger partial charge on any atom is 0.0576 e. The Morgan fingerprint density at radius 1 is 1.25 bits per heavy atom. The fourth-order valence-electron chi connectivity index (χ4n) is 2.36. The molecule has 1 aromatic carbocycles. The summed E-state index contributed by atoms with van der Waals surface area (Å²) in [7, 11) is 1.11. The molecule has 16 heavy (non-hydrogen) atoms. The Kier molecular flexibility index (Phi) is 3.77. The van der Waals surface area contributed by atoms with Crippen LogP contribution >= 0.6 is 0 Å². The van der Waals surface area contributed by atoms with E-state index in [1.807, 2.05) is 31.3 Å². The topological polar surface area (TPSA) is 29.1 Å². The van der Waals surface area contributed by atoms with Gasteiger partial charge in [-0.1, -0.05) is 24.1 Å². The molecule has 0 radical (unpaired) electrons. The highest BCUT2D eigenvalue weighted by Gasteiger charge is 2.31. The first-order chi connectivity index (χ1) is 7.72. The maximum atomic E-state index is 12.4. The Labute approximate surface area is 99.9 Å². The lowest BCUT2D eigenvalue weighted by molar-refractivity contribution is 0.576. The first-order valence-electron chi connectivity index (χ1n) is 5.87. The van der Waals surface area contributed by atoms with Crippen LogP contribution < -0.4 is 5.32 Å². The van der Waals surface area contributed by atoms with Crippen LogP contribution in [-0.4, -0.2) is 22.5 Å². The third kappa shape index (κ3) is 2.36. The van der Waals surface area contributed by atoms with Crippen LogP contribution in [0, 0.1) is 6.92 Å². The number of hydrogen-bond acceptors (Lipinski definition) is 2. The minimum absolute atomic E-state index is 0.285. The molecule has 1 N–H and O–H groups in total. The van der Waals surface area contributed by atoms with E-state index in [2.05, 4.69) is 12.2 Å². The molecule has 0 amide bonds. The van der Waals surface area contributed by atoms with Crippen molar-refractivity contribution in [3.8, 4) is 0 Å². The SMILES string of the molecule is CNC1CCCC1S(=O)c1ccc(C)cc1. The smallest absolute Gasteiger partial charge is 0.0576 e. The Morgan fingerprint density at radius 3 is 2.56 bits per heavy atom. The number of aryl methyl sites for hydroxylation is 1. The van der Waals surface area contributed by atoms with Crippen molar-refractivity contribution >= 4 is 10.8 Å². The van der Waals surface area contributed by atoms with Crippen LogP contribution in [0.3, 0.4) is 0 Å². The number of hydrogen-bond donors (Lipinski definition) is 1. The molecule has 1 aliphatic carbocycles. The molecule has 0 aromatic heterocycles. The van der Waals surface area contributed by atoms with E-state index >= 15 is 0 Å². The number of benzene rings is 1. The van der Waals surface area contributed by atoms with Crippen molar-refractivity contribution < 1.29 is 4.21 Å². The van der Waals surface area contributed by atoms with Crippen LogP contribution in [0.1, 0.15) is 24.8 Å². The van der Waals surface area contributed by atoms with Gasteiger partial charge in [-0.25, -0.2) is 0 Å². The summed E-state index contributed by atoms with van der Waals surface area (Å²) in [6.45, 7) is 2.05. The van der Waals surface area contributed by atoms with E-state index in [-0.39, 0.29) is 5.25 Å². The summed E-state index contributed by atoms with van der Waals surface area (Å²) in [6, 6.07) is 8.49. The molecule has 0 saturated heterocycles. The quantitative estimate of drug-likeness (QED) is 0.873. The van der Waals surface area contributed by atoms with Crippen molar-refractivity contribution in [1.29, 1.82) is 0 Å². The van der Waals surface area contributed by atoms with E-state index in [9.17, 15) is 4.21 Å². The van der Waals surface area contributed by atoms with Gasteiger partial charge in [0.25, 0.3) is 0 Å². The van der Waals surface area contributed by atoms with Gasteiger partial charge in [0, 0.05) is 10.9 Å². The Bertz CT molecular complexity index is 374. The molecule has 3 atom stereocenters. The molecular formula is C13H19NOS. The lowest BCUT2D eigenvalue weighted by Crippen LogP contribution is -2.35. The molecule has 0 spiro atoms. The van der Waals surface area contributed by atoms with Gasteiger partial charge in [-0.3, -0.25) is 4.21 Å². The second-order valence-electron chi connectivity index (χ2n) is 4.47. The molecule has 1 fully saturated rings. The second-order valence-corrected chi connectivity index (χ2v) is 6.15. The monoisotopic (exact) mass is 237 g/mol. The van der Waals surface area contributed by atoms with Crippen molar-refractivity contribution in [1.82, 2.24) is 5.32 Å². The van der Waals surface area contributed by atoms with Crippen LogP contribution in [0.4, 0.5) is 0 Å². The Morgan fingerprint density at radius 2 is 1.94 bits per heavy atom. The molecule has 0 aliphatic heterocycles. The standard InChI is InChI=1S/C13H19NOS/c1-10-6-8-11(9-7-10)16(15)13-5-3-4-12(13)14-2/h6-9,12-14H,3-5H2,1-2H3. The largest absolute Gasteiger partial charge is 0.316 e. The van der Waals surface area contributed by atoms with Gasteiger partial charge in [0.15, 0.2) is 0 Å². The third-order valence-corrected chi connectivity index (χ3v) is 5.20. The Hall–Kier alpha value is -0.670. The van der Waals surface area contributed by atoms with Gasteiger partial charge in [0.2, 0.25) is 0 Å².